The van der Waals surface area contributed by atoms with Crippen LogP contribution >= 0.6 is 0 Å². The summed E-state index contributed by atoms with van der Waals surface area (Å²) in [6.45, 7) is 1.66. The van der Waals surface area contributed by atoms with Gasteiger partial charge >= 0.3 is 0 Å². The predicted molar refractivity (Wildman–Crippen MR) is 222 cm³/mol. The van der Waals surface area contributed by atoms with Crippen LogP contribution in [0.3, 0.4) is 0 Å². The minimum absolute atomic E-state index is 0.117. The van der Waals surface area contributed by atoms with Crippen molar-refractivity contribution in [2.24, 2.45) is 5.92 Å². The van der Waals surface area contributed by atoms with Gasteiger partial charge in [0.05, 0.1) is 25.9 Å². The maximum absolute atomic E-state index is 13.0. The largest absolute Gasteiger partial charge is 0.394 e. The van der Waals surface area contributed by atoms with E-state index in [4.69, 9.17) is 14.2 Å². The molecule has 1 amide bonds. The average Bonchev–Trinajstić information content (AvgIpc) is 3.20. The van der Waals surface area contributed by atoms with Gasteiger partial charge in [-0.2, -0.15) is 0 Å². The maximum atomic E-state index is 13.0. The van der Waals surface area contributed by atoms with E-state index in [0.29, 0.717) is 18.9 Å². The van der Waals surface area contributed by atoms with Gasteiger partial charge in [-0.25, -0.2) is 0 Å². The minimum Gasteiger partial charge on any atom is -0.394 e. The fraction of sp³-hybridized carbons (Fsp3) is 0.978. The lowest BCUT2D eigenvalue weighted by molar-refractivity contribution is -0.297. The van der Waals surface area contributed by atoms with Crippen molar-refractivity contribution in [3.8, 4) is 0 Å². The molecule has 0 unspecified atom stereocenters. The molecule has 0 aromatic carbocycles. The summed E-state index contributed by atoms with van der Waals surface area (Å²) in [6, 6.07) is -1.07. The molecule has 0 radical (unpaired) electrons. The molecule has 1 heterocycles. The summed E-state index contributed by atoms with van der Waals surface area (Å²) in [4.78, 5) is 13.0. The Kier molecular flexibility index (Phi) is 31.0. The summed E-state index contributed by atoms with van der Waals surface area (Å²) in [6.07, 6.45) is 27.2. The molecular formula is C45H87NO10. The molecule has 1 saturated heterocycles. The van der Waals surface area contributed by atoms with E-state index in [2.05, 4.69) is 12.2 Å². The van der Waals surface area contributed by atoms with Gasteiger partial charge in [0.15, 0.2) is 6.29 Å². The highest BCUT2D eigenvalue weighted by atomic mass is 16.7. The van der Waals surface area contributed by atoms with Crippen LogP contribution in [0.5, 0.6) is 0 Å². The standard InChI is InChI=1S/C45H87NO10/c1-2-3-4-5-6-7-8-9-10-11-12-13-14-15-16-17-18-19-20-21-22-23-27-30-40(49)46-37(34-55-44-43(52)42(51)39(33-47)56-45(44)53)41(50)38(48)35-54-32-31-36-28-25-24-26-29-36/h36-39,41-45,47-48,50-53H,2-35H2,1H3,(H,46,49)/t37-,38+,39+,41-,42-,43-,44+,45-/m0/s1. The molecule has 1 aliphatic carbocycles. The molecule has 1 aliphatic heterocycles. The zero-order valence-electron chi connectivity index (χ0n) is 35.6. The monoisotopic (exact) mass is 802 g/mol. The lowest BCUT2D eigenvalue weighted by Crippen LogP contribution is -2.60. The molecule has 56 heavy (non-hydrogen) atoms. The summed E-state index contributed by atoms with van der Waals surface area (Å²) in [5, 5.41) is 65.1. The first kappa shape index (κ1) is 51.3. The van der Waals surface area contributed by atoms with Crippen LogP contribution in [0.4, 0.5) is 0 Å². The van der Waals surface area contributed by atoms with Gasteiger partial charge < -0.3 is 50.2 Å². The molecule has 2 rings (SSSR count). The second kappa shape index (κ2) is 33.9. The molecule has 0 aromatic rings. The maximum Gasteiger partial charge on any atom is 0.220 e. The number of aliphatic hydroxyl groups is 6. The highest BCUT2D eigenvalue weighted by Gasteiger charge is 2.45. The van der Waals surface area contributed by atoms with E-state index < -0.39 is 55.6 Å². The Morgan fingerprint density at radius 2 is 1.16 bits per heavy atom. The van der Waals surface area contributed by atoms with Crippen molar-refractivity contribution in [1.82, 2.24) is 5.32 Å². The van der Waals surface area contributed by atoms with E-state index in [9.17, 15) is 35.4 Å². The molecular weight excluding hydrogens is 714 g/mol. The quantitative estimate of drug-likeness (QED) is 0.0317. The molecule has 8 atom stereocenters. The molecule has 7 N–H and O–H groups in total. The van der Waals surface area contributed by atoms with E-state index in [-0.39, 0.29) is 25.5 Å². The summed E-state index contributed by atoms with van der Waals surface area (Å²) < 4.78 is 16.5. The number of hydrogen-bond donors (Lipinski definition) is 7. The highest BCUT2D eigenvalue weighted by Crippen LogP contribution is 2.26. The number of aliphatic hydroxyl groups excluding tert-OH is 6. The number of nitrogens with one attached hydrogen (secondary N) is 1. The summed E-state index contributed by atoms with van der Waals surface area (Å²) in [5.41, 5.74) is 0. The van der Waals surface area contributed by atoms with Crippen molar-refractivity contribution < 1.29 is 49.6 Å². The summed E-state index contributed by atoms with van der Waals surface area (Å²) in [7, 11) is 0. The Labute approximate surface area is 341 Å². The number of hydrogen-bond acceptors (Lipinski definition) is 10. The topological polar surface area (TPSA) is 178 Å². The molecule has 2 fully saturated rings. The lowest BCUT2D eigenvalue weighted by atomic mass is 9.87. The van der Waals surface area contributed by atoms with Crippen LogP contribution in [-0.2, 0) is 19.0 Å². The molecule has 0 bridgehead atoms. The van der Waals surface area contributed by atoms with E-state index in [1.165, 1.54) is 154 Å². The van der Waals surface area contributed by atoms with Gasteiger partial charge in [0.25, 0.3) is 0 Å². The molecule has 11 heteroatoms. The number of rotatable bonds is 36. The number of carbonyl (C=O) groups excluding carboxylic acids is 1. The Morgan fingerprint density at radius 1 is 0.679 bits per heavy atom. The zero-order valence-corrected chi connectivity index (χ0v) is 35.6. The SMILES string of the molecule is CCCCCCCCCCCCCCCCCCCCCCCCCC(=O)N[C@@H](CO[C@@H]1[C@@H](O)[C@@H](O)[C@@H](CO)O[C@@H]1O)[C@H](O)[C@H](O)COCCC1CCCCC1. The van der Waals surface area contributed by atoms with Crippen molar-refractivity contribution in [2.75, 3.05) is 26.4 Å². The van der Waals surface area contributed by atoms with Gasteiger partial charge in [0.1, 0.15) is 36.6 Å². The summed E-state index contributed by atoms with van der Waals surface area (Å²) >= 11 is 0. The van der Waals surface area contributed by atoms with Crippen LogP contribution in [-0.4, -0.2) is 112 Å². The van der Waals surface area contributed by atoms with E-state index in [0.717, 1.165) is 25.7 Å². The number of amides is 1. The first-order valence-electron chi connectivity index (χ1n) is 23.4. The van der Waals surface area contributed by atoms with Crippen molar-refractivity contribution in [3.05, 3.63) is 0 Å². The van der Waals surface area contributed by atoms with Gasteiger partial charge in [-0.05, 0) is 18.8 Å². The second-order valence-corrected chi connectivity index (χ2v) is 17.2. The van der Waals surface area contributed by atoms with Crippen LogP contribution in [0.2, 0.25) is 0 Å². The van der Waals surface area contributed by atoms with Crippen molar-refractivity contribution in [1.29, 1.82) is 0 Å². The third-order valence-electron chi connectivity index (χ3n) is 12.2. The third-order valence-corrected chi connectivity index (χ3v) is 12.2. The van der Waals surface area contributed by atoms with Gasteiger partial charge in [0.2, 0.25) is 5.91 Å². The van der Waals surface area contributed by atoms with E-state index >= 15 is 0 Å². The Morgan fingerprint density at radius 3 is 1.64 bits per heavy atom. The Balaban J connectivity index is 1.56. The van der Waals surface area contributed by atoms with Crippen LogP contribution in [0.1, 0.15) is 200 Å². The summed E-state index contributed by atoms with van der Waals surface area (Å²) in [5.74, 6) is 0.323. The number of unbranched alkanes of at least 4 members (excludes halogenated alkanes) is 22. The third kappa shape index (κ3) is 23.6. The molecule has 2 aliphatic rings. The Bertz CT molecular complexity index is 908. The first-order valence-corrected chi connectivity index (χ1v) is 23.4. The zero-order chi connectivity index (χ0) is 40.6. The van der Waals surface area contributed by atoms with Gasteiger partial charge in [-0.3, -0.25) is 4.79 Å². The van der Waals surface area contributed by atoms with Crippen LogP contribution in [0, 0.1) is 5.92 Å². The van der Waals surface area contributed by atoms with Crippen molar-refractivity contribution in [3.63, 3.8) is 0 Å². The van der Waals surface area contributed by atoms with Gasteiger partial charge in [-0.15, -0.1) is 0 Å². The lowest BCUT2D eigenvalue weighted by Gasteiger charge is -2.40. The average molecular weight is 802 g/mol. The fourth-order valence-electron chi connectivity index (χ4n) is 8.34. The molecule has 332 valence electrons. The van der Waals surface area contributed by atoms with Gasteiger partial charge in [-0.1, -0.05) is 180 Å². The van der Waals surface area contributed by atoms with Gasteiger partial charge in [0, 0.05) is 13.0 Å². The predicted octanol–water partition coefficient (Wildman–Crippen LogP) is 7.38. The van der Waals surface area contributed by atoms with Crippen LogP contribution < -0.4 is 5.32 Å². The second-order valence-electron chi connectivity index (χ2n) is 17.2. The Hall–Kier alpha value is -0.890. The smallest absolute Gasteiger partial charge is 0.220 e. The molecule has 11 nitrogen and oxygen atoms in total. The van der Waals surface area contributed by atoms with Crippen LogP contribution in [0.25, 0.3) is 0 Å². The van der Waals surface area contributed by atoms with Crippen molar-refractivity contribution in [2.45, 2.75) is 249 Å². The fourth-order valence-corrected chi connectivity index (χ4v) is 8.34. The van der Waals surface area contributed by atoms with Crippen LogP contribution in [0.15, 0.2) is 0 Å². The number of ether oxygens (including phenoxy) is 3. The van der Waals surface area contributed by atoms with E-state index in [1.54, 1.807) is 0 Å². The molecule has 0 aromatic heterocycles. The highest BCUT2D eigenvalue weighted by molar-refractivity contribution is 5.76. The molecule has 1 saturated carbocycles. The first-order chi connectivity index (χ1) is 27.3. The molecule has 0 spiro atoms. The van der Waals surface area contributed by atoms with E-state index in [1.807, 2.05) is 0 Å². The normalized spacial score (nSPS) is 23.6. The number of carbonyl (C=O) groups is 1. The minimum atomic E-state index is -1.65. The van der Waals surface area contributed by atoms with Crippen molar-refractivity contribution >= 4 is 5.91 Å².